The van der Waals surface area contributed by atoms with E-state index in [1.165, 1.54) is 82.6 Å². The van der Waals surface area contributed by atoms with Gasteiger partial charge in [0.15, 0.2) is 0 Å². The lowest BCUT2D eigenvalue weighted by atomic mass is 9.64. The van der Waals surface area contributed by atoms with Crippen molar-refractivity contribution in [1.29, 1.82) is 0 Å². The van der Waals surface area contributed by atoms with Gasteiger partial charge in [-0.3, -0.25) is 0 Å². The molecule has 0 bridgehead atoms. The predicted molar refractivity (Wildman–Crippen MR) is 174 cm³/mol. The fourth-order valence-corrected chi connectivity index (χ4v) is 5.95. The summed E-state index contributed by atoms with van der Waals surface area (Å²) in [6.45, 7) is 31.1. The molecular weight excluding hydrogens is 432 g/mol. The van der Waals surface area contributed by atoms with Gasteiger partial charge in [-0.15, -0.1) is 0 Å². The average molecular weight is 509 g/mol. The van der Waals surface area contributed by atoms with E-state index in [0.717, 1.165) is 29.6 Å². The second-order valence-corrected chi connectivity index (χ2v) is 11.7. The van der Waals surface area contributed by atoms with Crippen LogP contribution in [0.4, 0.5) is 0 Å². The molecule has 3 unspecified atom stereocenters. The Labute approximate surface area is 233 Å². The van der Waals surface area contributed by atoms with Gasteiger partial charge in [-0.1, -0.05) is 134 Å². The van der Waals surface area contributed by atoms with Crippen LogP contribution in [0.2, 0.25) is 0 Å². The Bertz CT molecular complexity index is 495. The molecule has 0 heteroatoms. The molecule has 0 aliphatic heterocycles. The van der Waals surface area contributed by atoms with Gasteiger partial charge in [-0.25, -0.2) is 0 Å². The van der Waals surface area contributed by atoms with E-state index in [-0.39, 0.29) is 14.9 Å². The predicted octanol–water partition coefficient (Wildman–Crippen LogP) is 13.7. The summed E-state index contributed by atoms with van der Waals surface area (Å²) >= 11 is 0. The maximum absolute atomic E-state index is 4.05. The van der Waals surface area contributed by atoms with Crippen LogP contribution in [-0.2, 0) is 0 Å². The molecule has 2 fully saturated rings. The quantitative estimate of drug-likeness (QED) is 0.324. The van der Waals surface area contributed by atoms with Gasteiger partial charge in [-0.05, 0) is 99.7 Å². The molecule has 0 nitrogen and oxygen atoms in total. The molecule has 220 valence electrons. The Balaban J connectivity index is -0.000000271. The van der Waals surface area contributed by atoms with Crippen molar-refractivity contribution in [2.75, 3.05) is 0 Å². The van der Waals surface area contributed by atoms with E-state index in [1.54, 1.807) is 5.57 Å². The molecule has 2 rings (SSSR count). The van der Waals surface area contributed by atoms with Crippen molar-refractivity contribution >= 4 is 0 Å². The van der Waals surface area contributed by atoms with E-state index in [2.05, 4.69) is 68.0 Å². The maximum Gasteiger partial charge on any atom is -0.0149 e. The van der Waals surface area contributed by atoms with Crippen LogP contribution in [0.5, 0.6) is 0 Å². The van der Waals surface area contributed by atoms with Crippen LogP contribution in [0.15, 0.2) is 23.8 Å². The highest BCUT2D eigenvalue weighted by Crippen LogP contribution is 2.45. The van der Waals surface area contributed by atoms with E-state index in [4.69, 9.17) is 0 Å². The van der Waals surface area contributed by atoms with Crippen LogP contribution >= 0.6 is 0 Å². The number of hydrogen-bond donors (Lipinski definition) is 0. The molecular formula is C36H76. The minimum Gasteiger partial charge on any atom is -0.0999 e. The minimum atomic E-state index is 0. The first-order valence-electron chi connectivity index (χ1n) is 15.5. The highest BCUT2D eigenvalue weighted by Gasteiger charge is 2.35. The molecule has 0 aromatic carbocycles. The Kier molecular flexibility index (Phi) is 29.3. The zero-order valence-electron chi connectivity index (χ0n) is 26.2. The van der Waals surface area contributed by atoms with Crippen molar-refractivity contribution in [2.45, 2.75) is 175 Å². The summed E-state index contributed by atoms with van der Waals surface area (Å²) in [4.78, 5) is 0. The molecule has 0 spiro atoms. The van der Waals surface area contributed by atoms with Crippen LogP contribution in [0.3, 0.4) is 0 Å². The maximum atomic E-state index is 4.05. The van der Waals surface area contributed by atoms with Crippen molar-refractivity contribution in [3.05, 3.63) is 23.8 Å². The molecule has 0 aromatic rings. The number of hydrogen-bond acceptors (Lipinski definition) is 0. The second-order valence-electron chi connectivity index (χ2n) is 11.7. The first kappa shape index (κ1) is 42.6. The van der Waals surface area contributed by atoms with Gasteiger partial charge in [0.05, 0.1) is 0 Å². The summed E-state index contributed by atoms with van der Waals surface area (Å²) in [5.74, 6) is 4.51. The van der Waals surface area contributed by atoms with E-state index < -0.39 is 0 Å². The molecule has 36 heavy (non-hydrogen) atoms. The van der Waals surface area contributed by atoms with Crippen LogP contribution < -0.4 is 0 Å². The minimum absolute atomic E-state index is 0. The third-order valence-corrected chi connectivity index (χ3v) is 8.44. The van der Waals surface area contributed by atoms with Gasteiger partial charge in [-0.2, -0.15) is 0 Å². The fraction of sp³-hybridized carbons (Fsp3) is 0.889. The Hall–Kier alpha value is -0.520. The van der Waals surface area contributed by atoms with Crippen molar-refractivity contribution in [3.8, 4) is 0 Å². The lowest BCUT2D eigenvalue weighted by Gasteiger charge is -2.42. The lowest BCUT2D eigenvalue weighted by molar-refractivity contribution is 0.115. The van der Waals surface area contributed by atoms with Crippen molar-refractivity contribution < 1.29 is 0 Å². The molecule has 0 amide bonds. The van der Waals surface area contributed by atoms with E-state index >= 15 is 0 Å². The van der Waals surface area contributed by atoms with Gasteiger partial charge in [0, 0.05) is 0 Å². The van der Waals surface area contributed by atoms with Crippen molar-refractivity contribution in [3.63, 3.8) is 0 Å². The molecule has 2 aliphatic carbocycles. The summed E-state index contributed by atoms with van der Waals surface area (Å²) in [7, 11) is 0. The average Bonchev–Trinajstić information content (AvgIpc) is 2.84. The summed E-state index contributed by atoms with van der Waals surface area (Å²) in [5, 5.41) is 0. The molecule has 2 aliphatic rings. The second kappa shape index (κ2) is 24.8. The van der Waals surface area contributed by atoms with E-state index in [9.17, 15) is 0 Å². The molecule has 0 N–H and O–H groups in total. The summed E-state index contributed by atoms with van der Waals surface area (Å²) in [5.41, 5.74) is 3.70. The largest absolute Gasteiger partial charge is 0.0999 e. The molecule has 0 heterocycles. The molecule has 0 saturated heterocycles. The van der Waals surface area contributed by atoms with Crippen molar-refractivity contribution in [1.82, 2.24) is 0 Å². The van der Waals surface area contributed by atoms with Gasteiger partial charge >= 0.3 is 0 Å². The molecule has 0 radical (unpaired) electrons. The van der Waals surface area contributed by atoms with Gasteiger partial charge < -0.3 is 0 Å². The van der Waals surface area contributed by atoms with E-state index in [1.807, 2.05) is 27.7 Å². The Morgan fingerprint density at radius 2 is 1.42 bits per heavy atom. The van der Waals surface area contributed by atoms with Gasteiger partial charge in [0.1, 0.15) is 0 Å². The van der Waals surface area contributed by atoms with Crippen LogP contribution in [0.1, 0.15) is 175 Å². The number of allylic oxidation sites excluding steroid dienone is 3. The van der Waals surface area contributed by atoms with E-state index in [0.29, 0.717) is 5.41 Å². The zero-order chi connectivity index (χ0) is 26.7. The van der Waals surface area contributed by atoms with Gasteiger partial charge in [0.25, 0.3) is 0 Å². The normalized spacial score (nSPS) is 24.2. The van der Waals surface area contributed by atoms with Crippen LogP contribution in [-0.4, -0.2) is 0 Å². The first-order valence-corrected chi connectivity index (χ1v) is 15.5. The monoisotopic (exact) mass is 509 g/mol. The smallest absolute Gasteiger partial charge is 0.0149 e. The molecule has 0 aromatic heterocycles. The summed E-state index contributed by atoms with van der Waals surface area (Å²) in [6.07, 6.45) is 18.9. The van der Waals surface area contributed by atoms with Crippen LogP contribution in [0, 0.1) is 35.0 Å². The third-order valence-electron chi connectivity index (χ3n) is 8.44. The Morgan fingerprint density at radius 3 is 1.83 bits per heavy atom. The topological polar surface area (TPSA) is 0 Å². The van der Waals surface area contributed by atoms with Crippen molar-refractivity contribution in [2.24, 2.45) is 35.0 Å². The fourth-order valence-electron chi connectivity index (χ4n) is 5.95. The summed E-state index contributed by atoms with van der Waals surface area (Å²) in [6, 6.07) is 0. The molecule has 2 saturated carbocycles. The standard InChI is InChI=1S/C20H38.C10H18.2C2H6.2CH4/c1-8-15(4)19(16(9-2)10-3)17-11-13-18(14-12-17)20(5,6)7;1-9-5-3-4-6-10(2)8-7-9;2*1-2;;/h9,15,17-19H,8,10-14H2,1-7H3;10H,1,3-8H2,2H3;2*1-2H3;2*1H4/b16-9-;;;;;. The molecule has 3 atom stereocenters. The van der Waals surface area contributed by atoms with Crippen LogP contribution in [0.25, 0.3) is 0 Å². The highest BCUT2D eigenvalue weighted by molar-refractivity contribution is 5.09. The number of rotatable bonds is 5. The third kappa shape index (κ3) is 17.1. The Morgan fingerprint density at radius 1 is 0.889 bits per heavy atom. The highest BCUT2D eigenvalue weighted by atomic mass is 14.4. The van der Waals surface area contributed by atoms with Gasteiger partial charge in [0.2, 0.25) is 0 Å². The summed E-state index contributed by atoms with van der Waals surface area (Å²) < 4.78 is 0. The lowest BCUT2D eigenvalue weighted by Crippen LogP contribution is -2.31. The zero-order valence-corrected chi connectivity index (χ0v) is 26.2. The SMILES string of the molecule is C.C.C/C=C(/CC)C(C(C)CC)C1CCC(C(C)(C)C)CC1.C=C1CCCCC(C)CC1.CC.CC. The first-order chi connectivity index (χ1) is 16.1.